The van der Waals surface area contributed by atoms with Gasteiger partial charge in [0.05, 0.1) is 26.4 Å². The number of aliphatic hydroxyl groups excluding tert-OH is 1. The number of hydrogen-bond donors (Lipinski definition) is 3. The Labute approximate surface area is 517 Å². The standard InChI is InChI=1S/C66H128O17P2/c1-7-10-12-14-16-18-21-26-30-37-43-49-64(69)76-54-61(82-65(70)50-44-38-31-27-23-20-22-24-28-34-40-46-58(4)5)56-80-84(72,73)78-52-60(67)53-79-85(74,75)81-57-62(83-66(71)51-45-39-33-32-35-41-47-59(6)9-3)55-77-63(68)48-42-36-29-25-19-17-15-13-11-8-2/h58-62,67H,7-57H2,1-6H3,(H,72,73)(H,74,75)/t59?,60-,61-,62-/m1/s1. The predicted molar refractivity (Wildman–Crippen MR) is 340 cm³/mol. The van der Waals surface area contributed by atoms with E-state index >= 15 is 0 Å². The third-order valence-corrected chi connectivity index (χ3v) is 17.5. The third kappa shape index (κ3) is 59.5. The Morgan fingerprint density at radius 2 is 0.600 bits per heavy atom. The van der Waals surface area contributed by atoms with E-state index in [1.807, 2.05) is 0 Å². The van der Waals surface area contributed by atoms with Crippen molar-refractivity contribution in [3.8, 4) is 0 Å². The number of carbonyl (C=O) groups excluding carboxylic acids is 4. The Kier molecular flexibility index (Phi) is 57.1. The Morgan fingerprint density at radius 3 is 0.894 bits per heavy atom. The van der Waals surface area contributed by atoms with Gasteiger partial charge in [0, 0.05) is 25.7 Å². The molecule has 0 spiro atoms. The van der Waals surface area contributed by atoms with E-state index < -0.39 is 97.5 Å². The zero-order chi connectivity index (χ0) is 62.9. The highest BCUT2D eigenvalue weighted by molar-refractivity contribution is 7.47. The topological polar surface area (TPSA) is 237 Å². The molecule has 0 aromatic heterocycles. The lowest BCUT2D eigenvalue weighted by atomic mass is 10.00. The van der Waals surface area contributed by atoms with Crippen molar-refractivity contribution >= 4 is 39.5 Å². The van der Waals surface area contributed by atoms with Crippen LogP contribution in [0.15, 0.2) is 0 Å². The van der Waals surface area contributed by atoms with Crippen LogP contribution < -0.4 is 0 Å². The van der Waals surface area contributed by atoms with Crippen molar-refractivity contribution in [2.24, 2.45) is 11.8 Å². The number of carbonyl (C=O) groups is 4. The van der Waals surface area contributed by atoms with Crippen molar-refractivity contribution < 1.29 is 80.2 Å². The molecule has 3 unspecified atom stereocenters. The zero-order valence-electron chi connectivity index (χ0n) is 54.9. The van der Waals surface area contributed by atoms with Crippen LogP contribution in [0.3, 0.4) is 0 Å². The summed E-state index contributed by atoms with van der Waals surface area (Å²) in [5.74, 6) is -0.646. The molecule has 0 heterocycles. The van der Waals surface area contributed by atoms with Gasteiger partial charge in [0.15, 0.2) is 12.2 Å². The van der Waals surface area contributed by atoms with Crippen molar-refractivity contribution in [2.75, 3.05) is 39.6 Å². The number of rotatable bonds is 65. The monoisotopic (exact) mass is 1250 g/mol. The summed E-state index contributed by atoms with van der Waals surface area (Å²) in [5.41, 5.74) is 0. The summed E-state index contributed by atoms with van der Waals surface area (Å²) in [6, 6.07) is 0. The molecule has 0 fully saturated rings. The molecule has 0 amide bonds. The van der Waals surface area contributed by atoms with Gasteiger partial charge in [0.2, 0.25) is 0 Å². The number of phosphoric ester groups is 2. The van der Waals surface area contributed by atoms with Crippen LogP contribution >= 0.6 is 15.6 Å². The van der Waals surface area contributed by atoms with Gasteiger partial charge < -0.3 is 33.8 Å². The number of ether oxygens (including phenoxy) is 4. The van der Waals surface area contributed by atoms with E-state index in [0.717, 1.165) is 102 Å². The molecule has 3 N–H and O–H groups in total. The fourth-order valence-electron chi connectivity index (χ4n) is 9.85. The molecule has 0 bridgehead atoms. The van der Waals surface area contributed by atoms with Crippen molar-refractivity contribution in [2.45, 2.75) is 349 Å². The number of unbranched alkanes of at least 4 members (excludes halogenated alkanes) is 34. The van der Waals surface area contributed by atoms with Gasteiger partial charge in [-0.25, -0.2) is 9.13 Å². The molecule has 17 nitrogen and oxygen atoms in total. The Hall–Kier alpha value is -1.94. The van der Waals surface area contributed by atoms with Gasteiger partial charge >= 0.3 is 39.5 Å². The van der Waals surface area contributed by atoms with E-state index in [9.17, 15) is 43.2 Å². The van der Waals surface area contributed by atoms with Crippen molar-refractivity contribution in [3.05, 3.63) is 0 Å². The second kappa shape index (κ2) is 58.4. The summed E-state index contributed by atoms with van der Waals surface area (Å²) in [7, 11) is -9.89. The molecular formula is C66H128O17P2. The minimum atomic E-state index is -4.95. The molecule has 0 aliphatic heterocycles. The van der Waals surface area contributed by atoms with E-state index in [-0.39, 0.29) is 25.7 Å². The minimum absolute atomic E-state index is 0.103. The molecule has 19 heteroatoms. The smallest absolute Gasteiger partial charge is 0.462 e. The first-order valence-electron chi connectivity index (χ1n) is 34.5. The molecule has 0 rings (SSSR count). The molecule has 504 valence electrons. The van der Waals surface area contributed by atoms with E-state index in [2.05, 4.69) is 41.5 Å². The first-order chi connectivity index (χ1) is 40.9. The highest BCUT2D eigenvalue weighted by Gasteiger charge is 2.30. The molecule has 0 saturated carbocycles. The Balaban J connectivity index is 5.25. The van der Waals surface area contributed by atoms with Crippen LogP contribution in [0, 0.1) is 11.8 Å². The van der Waals surface area contributed by atoms with Crippen LogP contribution in [0.1, 0.15) is 330 Å². The molecule has 0 aliphatic carbocycles. The molecular weight excluding hydrogens is 1130 g/mol. The quantitative estimate of drug-likeness (QED) is 0.0222. The summed E-state index contributed by atoms with van der Waals surface area (Å²) in [5, 5.41) is 10.5. The van der Waals surface area contributed by atoms with Crippen LogP contribution in [-0.2, 0) is 65.4 Å². The second-order valence-corrected chi connectivity index (χ2v) is 27.5. The molecule has 0 radical (unpaired) electrons. The molecule has 6 atom stereocenters. The van der Waals surface area contributed by atoms with Crippen molar-refractivity contribution in [1.82, 2.24) is 0 Å². The van der Waals surface area contributed by atoms with E-state index in [4.69, 9.17) is 37.0 Å². The van der Waals surface area contributed by atoms with Gasteiger partial charge in [-0.1, -0.05) is 279 Å². The van der Waals surface area contributed by atoms with Crippen LogP contribution in [0.2, 0.25) is 0 Å². The zero-order valence-corrected chi connectivity index (χ0v) is 56.7. The lowest BCUT2D eigenvalue weighted by Crippen LogP contribution is -2.30. The highest BCUT2D eigenvalue weighted by Crippen LogP contribution is 2.45. The summed E-state index contributed by atoms with van der Waals surface area (Å²) >= 11 is 0. The first kappa shape index (κ1) is 83.1. The maximum atomic E-state index is 13.0. The average molecular weight is 1260 g/mol. The van der Waals surface area contributed by atoms with Gasteiger partial charge in [-0.05, 0) is 37.5 Å². The van der Waals surface area contributed by atoms with Gasteiger partial charge in [0.25, 0.3) is 0 Å². The highest BCUT2D eigenvalue weighted by atomic mass is 31.2. The van der Waals surface area contributed by atoms with Crippen LogP contribution in [0.25, 0.3) is 0 Å². The van der Waals surface area contributed by atoms with Gasteiger partial charge in [-0.15, -0.1) is 0 Å². The van der Waals surface area contributed by atoms with Crippen molar-refractivity contribution in [3.63, 3.8) is 0 Å². The van der Waals surface area contributed by atoms with Gasteiger partial charge in [-0.3, -0.25) is 37.3 Å². The summed E-state index contributed by atoms with van der Waals surface area (Å²) in [4.78, 5) is 72.3. The average Bonchev–Trinajstić information content (AvgIpc) is 3.49. The van der Waals surface area contributed by atoms with Gasteiger partial charge in [-0.2, -0.15) is 0 Å². The summed E-state index contributed by atoms with van der Waals surface area (Å²) < 4.78 is 68.1. The summed E-state index contributed by atoms with van der Waals surface area (Å²) in [6.07, 6.45) is 41.6. The number of hydrogen-bond acceptors (Lipinski definition) is 15. The normalized spacial score (nSPS) is 14.6. The number of esters is 4. The van der Waals surface area contributed by atoms with Crippen LogP contribution in [0.4, 0.5) is 0 Å². The summed E-state index contributed by atoms with van der Waals surface area (Å²) in [6.45, 7) is 9.46. The molecule has 0 aliphatic rings. The Bertz CT molecular complexity index is 1670. The fourth-order valence-corrected chi connectivity index (χ4v) is 11.4. The molecule has 0 aromatic carbocycles. The minimum Gasteiger partial charge on any atom is -0.462 e. The van der Waals surface area contributed by atoms with E-state index in [1.54, 1.807) is 0 Å². The molecule has 85 heavy (non-hydrogen) atoms. The Morgan fingerprint density at radius 1 is 0.341 bits per heavy atom. The fraction of sp³-hybridized carbons (Fsp3) is 0.939. The second-order valence-electron chi connectivity index (χ2n) is 24.6. The van der Waals surface area contributed by atoms with Crippen molar-refractivity contribution in [1.29, 1.82) is 0 Å². The maximum absolute atomic E-state index is 13.0. The molecule has 0 saturated heterocycles. The maximum Gasteiger partial charge on any atom is 0.472 e. The number of aliphatic hydroxyl groups is 1. The van der Waals surface area contributed by atoms with E-state index in [1.165, 1.54) is 148 Å². The first-order valence-corrected chi connectivity index (χ1v) is 37.5. The third-order valence-electron chi connectivity index (χ3n) is 15.6. The largest absolute Gasteiger partial charge is 0.472 e. The molecule has 0 aromatic rings. The van der Waals surface area contributed by atoms with Gasteiger partial charge in [0.1, 0.15) is 19.3 Å². The SMILES string of the molecule is CCCCCCCCCCCCCC(=O)OC[C@H](COP(=O)(O)OC[C@@H](O)COP(=O)(O)OC[C@@H](COC(=O)CCCCCCCCCCCC)OC(=O)CCCCCCCCC(C)CC)OC(=O)CCCCCCCCCCCCCC(C)C. The lowest BCUT2D eigenvalue weighted by molar-refractivity contribution is -0.161. The van der Waals surface area contributed by atoms with E-state index in [0.29, 0.717) is 25.7 Å². The van der Waals surface area contributed by atoms with Crippen LogP contribution in [-0.4, -0.2) is 96.7 Å². The number of phosphoric acid groups is 2. The lowest BCUT2D eigenvalue weighted by Gasteiger charge is -2.21. The van der Waals surface area contributed by atoms with Crippen LogP contribution in [0.5, 0.6) is 0 Å². The predicted octanol–water partition coefficient (Wildman–Crippen LogP) is 18.4.